The number of hydrogen-bond acceptors (Lipinski definition) is 4. The molecule has 1 aromatic carbocycles. The third-order valence-corrected chi connectivity index (χ3v) is 4.89. The molecule has 2 fully saturated rings. The molecule has 1 aromatic rings. The highest BCUT2D eigenvalue weighted by atomic mass is 16.6. The molecule has 22 heavy (non-hydrogen) atoms. The molecule has 3 aliphatic rings. The number of carbonyl (C=O) groups excluding carboxylic acids is 1. The predicted octanol–water partition coefficient (Wildman–Crippen LogP) is 2.64. The van der Waals surface area contributed by atoms with Gasteiger partial charge in [0.05, 0.1) is 18.8 Å². The molecule has 1 amide bonds. The van der Waals surface area contributed by atoms with Crippen molar-refractivity contribution >= 4 is 11.8 Å². The maximum atomic E-state index is 12.1. The van der Waals surface area contributed by atoms with E-state index in [9.17, 15) is 4.79 Å². The molecule has 0 unspecified atom stereocenters. The van der Waals surface area contributed by atoms with Gasteiger partial charge in [-0.15, -0.1) is 0 Å². The lowest BCUT2D eigenvalue weighted by molar-refractivity contribution is 0.177. The Bertz CT molecular complexity index is 585. The van der Waals surface area contributed by atoms with Gasteiger partial charge in [-0.3, -0.25) is 9.80 Å². The van der Waals surface area contributed by atoms with Crippen molar-refractivity contribution < 1.29 is 14.3 Å². The van der Waals surface area contributed by atoms with Crippen molar-refractivity contribution in [1.29, 1.82) is 0 Å². The van der Waals surface area contributed by atoms with Gasteiger partial charge in [0.25, 0.3) is 0 Å². The van der Waals surface area contributed by atoms with E-state index in [2.05, 4.69) is 11.0 Å². The summed E-state index contributed by atoms with van der Waals surface area (Å²) in [5, 5.41) is 0. The Labute approximate surface area is 130 Å². The molecule has 2 aliphatic heterocycles. The maximum Gasteiger partial charge on any atom is 0.414 e. The normalized spacial score (nSPS) is 25.0. The van der Waals surface area contributed by atoms with Crippen LogP contribution in [0.15, 0.2) is 18.2 Å². The fourth-order valence-corrected chi connectivity index (χ4v) is 3.49. The zero-order valence-electron chi connectivity index (χ0n) is 13.0. The Hall–Kier alpha value is -1.75. The second-order valence-electron chi connectivity index (χ2n) is 6.56. The molecule has 5 nitrogen and oxygen atoms in total. The van der Waals surface area contributed by atoms with Gasteiger partial charge in [-0.05, 0) is 48.9 Å². The minimum atomic E-state index is -0.216. The van der Waals surface area contributed by atoms with Gasteiger partial charge in [-0.2, -0.15) is 0 Å². The van der Waals surface area contributed by atoms with Crippen LogP contribution in [0.5, 0.6) is 5.75 Å². The summed E-state index contributed by atoms with van der Waals surface area (Å²) in [5.41, 5.74) is 2.14. The number of cyclic esters (lactones) is 1. The standard InChI is InChI=1S/C17H22N2O3/c1-21-15-4-5-16-13(8-15)10-18(9-12-2-3-12)7-6-14-11-22-17(20)19(14)16/h4-5,8,12,14H,2-3,6-7,9-11H2,1H3/t14-/m0/s1. The van der Waals surface area contributed by atoms with Crippen molar-refractivity contribution in [1.82, 2.24) is 4.90 Å². The average molecular weight is 302 g/mol. The number of hydrogen-bond donors (Lipinski definition) is 0. The number of rotatable bonds is 3. The highest BCUT2D eigenvalue weighted by Gasteiger charge is 2.37. The number of ether oxygens (including phenoxy) is 2. The average Bonchev–Trinajstić information content (AvgIpc) is 3.25. The molecule has 1 aliphatic carbocycles. The van der Waals surface area contributed by atoms with E-state index in [1.165, 1.54) is 12.8 Å². The molecule has 4 rings (SSSR count). The molecular formula is C17H22N2O3. The van der Waals surface area contributed by atoms with Crippen molar-refractivity contribution in [2.45, 2.75) is 31.8 Å². The van der Waals surface area contributed by atoms with Crippen LogP contribution in [0.4, 0.5) is 10.5 Å². The van der Waals surface area contributed by atoms with Gasteiger partial charge in [0, 0.05) is 19.6 Å². The van der Waals surface area contributed by atoms with Crippen LogP contribution < -0.4 is 9.64 Å². The Morgan fingerprint density at radius 1 is 1.32 bits per heavy atom. The zero-order valence-corrected chi connectivity index (χ0v) is 13.0. The highest BCUT2D eigenvalue weighted by Crippen LogP contribution is 2.36. The smallest absolute Gasteiger partial charge is 0.414 e. The monoisotopic (exact) mass is 302 g/mol. The van der Waals surface area contributed by atoms with E-state index in [-0.39, 0.29) is 12.1 Å². The van der Waals surface area contributed by atoms with E-state index in [4.69, 9.17) is 9.47 Å². The molecule has 1 atom stereocenters. The predicted molar refractivity (Wildman–Crippen MR) is 83.2 cm³/mol. The molecule has 118 valence electrons. The van der Waals surface area contributed by atoms with E-state index in [1.807, 2.05) is 17.0 Å². The van der Waals surface area contributed by atoms with E-state index < -0.39 is 0 Å². The Kier molecular flexibility index (Phi) is 3.45. The van der Waals surface area contributed by atoms with Gasteiger partial charge in [-0.25, -0.2) is 4.79 Å². The zero-order chi connectivity index (χ0) is 15.1. The number of fused-ring (bicyclic) bond motifs is 3. The van der Waals surface area contributed by atoms with Crippen LogP contribution in [0, 0.1) is 5.92 Å². The molecule has 0 aromatic heterocycles. The molecule has 0 bridgehead atoms. The third-order valence-electron chi connectivity index (χ3n) is 4.89. The first-order valence-electron chi connectivity index (χ1n) is 8.10. The number of benzene rings is 1. The van der Waals surface area contributed by atoms with Crippen molar-refractivity contribution in [2.24, 2.45) is 5.92 Å². The lowest BCUT2D eigenvalue weighted by Gasteiger charge is -2.32. The minimum absolute atomic E-state index is 0.154. The lowest BCUT2D eigenvalue weighted by Crippen LogP contribution is -2.40. The first-order valence-corrected chi connectivity index (χ1v) is 8.10. The molecule has 5 heteroatoms. The fourth-order valence-electron chi connectivity index (χ4n) is 3.49. The van der Waals surface area contributed by atoms with E-state index in [1.54, 1.807) is 7.11 Å². The van der Waals surface area contributed by atoms with Crippen LogP contribution in [0.3, 0.4) is 0 Å². The van der Waals surface area contributed by atoms with Gasteiger partial charge in [0.2, 0.25) is 0 Å². The third kappa shape index (κ3) is 2.54. The van der Waals surface area contributed by atoms with Crippen molar-refractivity contribution in [2.75, 3.05) is 31.7 Å². The first kappa shape index (κ1) is 13.9. The second kappa shape index (κ2) is 5.47. The van der Waals surface area contributed by atoms with E-state index >= 15 is 0 Å². The lowest BCUT2D eigenvalue weighted by atomic mass is 10.0. The summed E-state index contributed by atoms with van der Waals surface area (Å²) in [4.78, 5) is 16.5. The molecule has 2 heterocycles. The fraction of sp³-hybridized carbons (Fsp3) is 0.588. The van der Waals surface area contributed by atoms with Crippen LogP contribution >= 0.6 is 0 Å². The van der Waals surface area contributed by atoms with Crippen LogP contribution in [0.25, 0.3) is 0 Å². The largest absolute Gasteiger partial charge is 0.497 e. The van der Waals surface area contributed by atoms with Crippen molar-refractivity contribution in [3.05, 3.63) is 23.8 Å². The summed E-state index contributed by atoms with van der Waals surface area (Å²) in [6.07, 6.45) is 3.48. The van der Waals surface area contributed by atoms with Crippen LogP contribution in [0.2, 0.25) is 0 Å². The van der Waals surface area contributed by atoms with E-state index in [0.29, 0.717) is 6.61 Å². The highest BCUT2D eigenvalue weighted by molar-refractivity contribution is 5.91. The summed E-state index contributed by atoms with van der Waals surface area (Å²) in [5.74, 6) is 1.71. The quantitative estimate of drug-likeness (QED) is 0.861. The van der Waals surface area contributed by atoms with Gasteiger partial charge < -0.3 is 9.47 Å². The van der Waals surface area contributed by atoms with Gasteiger partial charge in [0.1, 0.15) is 12.4 Å². The number of carbonyl (C=O) groups is 1. The van der Waals surface area contributed by atoms with Crippen LogP contribution in [0.1, 0.15) is 24.8 Å². The summed E-state index contributed by atoms with van der Waals surface area (Å²) >= 11 is 0. The van der Waals surface area contributed by atoms with Crippen molar-refractivity contribution in [3.8, 4) is 5.75 Å². The second-order valence-corrected chi connectivity index (χ2v) is 6.56. The molecule has 1 saturated carbocycles. The minimum Gasteiger partial charge on any atom is -0.497 e. The first-order chi connectivity index (χ1) is 10.7. The summed E-state index contributed by atoms with van der Waals surface area (Å²) in [6.45, 7) is 3.56. The molecule has 0 N–H and O–H groups in total. The molecule has 1 saturated heterocycles. The topological polar surface area (TPSA) is 42.0 Å². The van der Waals surface area contributed by atoms with Crippen LogP contribution in [-0.4, -0.2) is 43.8 Å². The van der Waals surface area contributed by atoms with Gasteiger partial charge >= 0.3 is 6.09 Å². The number of methoxy groups -OCH3 is 1. The Balaban J connectivity index is 1.69. The maximum absolute atomic E-state index is 12.1. The molecule has 0 radical (unpaired) electrons. The molecule has 0 spiro atoms. The molecular weight excluding hydrogens is 280 g/mol. The number of nitrogens with zero attached hydrogens (tertiary/aromatic N) is 2. The van der Waals surface area contributed by atoms with Crippen LogP contribution in [-0.2, 0) is 11.3 Å². The van der Waals surface area contributed by atoms with Gasteiger partial charge in [-0.1, -0.05) is 0 Å². The summed E-state index contributed by atoms with van der Waals surface area (Å²) < 4.78 is 10.7. The Morgan fingerprint density at radius 2 is 2.18 bits per heavy atom. The van der Waals surface area contributed by atoms with E-state index in [0.717, 1.165) is 49.0 Å². The van der Waals surface area contributed by atoms with Crippen molar-refractivity contribution in [3.63, 3.8) is 0 Å². The van der Waals surface area contributed by atoms with Gasteiger partial charge in [0.15, 0.2) is 0 Å². The Morgan fingerprint density at radius 3 is 2.95 bits per heavy atom. The summed E-state index contributed by atoms with van der Waals surface area (Å²) in [7, 11) is 1.68. The SMILES string of the molecule is COc1ccc2c(c1)CN(CC1CC1)CC[C@H]1COC(=O)N21. The number of amides is 1. The summed E-state index contributed by atoms with van der Waals surface area (Å²) in [6, 6.07) is 6.13. The number of anilines is 1.